The Balaban J connectivity index is 2.46. The van der Waals surface area contributed by atoms with Gasteiger partial charge in [-0.1, -0.05) is 18.2 Å². The van der Waals surface area contributed by atoms with Gasteiger partial charge in [-0.3, -0.25) is 9.48 Å². The molecular weight excluding hydrogens is 224 g/mol. The lowest BCUT2D eigenvalue weighted by Gasteiger charge is -2.02. The molecule has 3 heteroatoms. The van der Waals surface area contributed by atoms with Crippen molar-refractivity contribution in [1.29, 1.82) is 0 Å². The first-order valence-electron chi connectivity index (χ1n) is 5.87. The van der Waals surface area contributed by atoms with E-state index in [1.54, 1.807) is 16.8 Å². The van der Waals surface area contributed by atoms with Gasteiger partial charge in [-0.05, 0) is 37.1 Å². The topological polar surface area (TPSA) is 34.9 Å². The summed E-state index contributed by atoms with van der Waals surface area (Å²) in [7, 11) is 0. The number of carbonyl (C=O) groups is 1. The van der Waals surface area contributed by atoms with Crippen LogP contribution < -0.4 is 0 Å². The highest BCUT2D eigenvalue weighted by molar-refractivity contribution is 5.76. The van der Waals surface area contributed by atoms with Gasteiger partial charge in [0.05, 0.1) is 12.2 Å². The number of benzene rings is 1. The Bertz CT molecular complexity index is 597. The molecule has 3 nitrogen and oxygen atoms in total. The molecule has 0 fully saturated rings. The fourth-order valence-corrected chi connectivity index (χ4v) is 1.84. The average Bonchev–Trinajstić information content (AvgIpc) is 2.76. The Morgan fingerprint density at radius 1 is 1.28 bits per heavy atom. The van der Waals surface area contributed by atoms with E-state index in [1.807, 2.05) is 6.07 Å². The van der Waals surface area contributed by atoms with E-state index in [4.69, 9.17) is 0 Å². The number of hydrogen-bond donors (Lipinski definition) is 0. The third-order valence-corrected chi connectivity index (χ3v) is 3.04. The van der Waals surface area contributed by atoms with Crippen LogP contribution in [0, 0.1) is 13.8 Å². The Labute approximate surface area is 107 Å². The second-order valence-corrected chi connectivity index (χ2v) is 4.34. The normalized spacial score (nSPS) is 10.3. The monoisotopic (exact) mass is 240 g/mol. The molecule has 0 saturated heterocycles. The van der Waals surface area contributed by atoms with Crippen molar-refractivity contribution < 1.29 is 4.79 Å². The number of aldehydes is 1. The molecule has 0 radical (unpaired) electrons. The molecule has 1 heterocycles. The van der Waals surface area contributed by atoms with Crippen LogP contribution in [0.3, 0.4) is 0 Å². The van der Waals surface area contributed by atoms with Crippen LogP contribution in [0.1, 0.15) is 21.6 Å². The summed E-state index contributed by atoms with van der Waals surface area (Å²) < 4.78 is 1.66. The maximum absolute atomic E-state index is 11.0. The number of rotatable bonds is 4. The minimum Gasteiger partial charge on any atom is -0.296 e. The molecule has 0 N–H and O–H groups in total. The zero-order valence-electron chi connectivity index (χ0n) is 10.7. The highest BCUT2D eigenvalue weighted by atomic mass is 16.1. The van der Waals surface area contributed by atoms with Gasteiger partial charge in [0.25, 0.3) is 0 Å². The van der Waals surface area contributed by atoms with Crippen LogP contribution in [0.4, 0.5) is 0 Å². The fraction of sp³-hybridized carbons (Fsp3) is 0.200. The van der Waals surface area contributed by atoms with E-state index in [9.17, 15) is 4.79 Å². The van der Waals surface area contributed by atoms with Crippen molar-refractivity contribution in [2.24, 2.45) is 0 Å². The molecule has 0 unspecified atom stereocenters. The van der Waals surface area contributed by atoms with E-state index in [-0.39, 0.29) is 0 Å². The molecule has 0 spiro atoms. The first kappa shape index (κ1) is 12.3. The first-order valence-corrected chi connectivity index (χ1v) is 5.87. The van der Waals surface area contributed by atoms with Gasteiger partial charge < -0.3 is 0 Å². The molecular formula is C15H16N2O. The van der Waals surface area contributed by atoms with Gasteiger partial charge in [0.1, 0.15) is 5.69 Å². The standard InChI is InChI=1S/C15H16N2O/c1-4-7-17-14(10-18)9-15(16-17)13-6-5-11(2)12(3)8-13/h4-6,8-10H,1,7H2,2-3H3. The fourth-order valence-electron chi connectivity index (χ4n) is 1.84. The van der Waals surface area contributed by atoms with Crippen LogP contribution in [-0.4, -0.2) is 16.1 Å². The van der Waals surface area contributed by atoms with Crippen LogP contribution in [0.5, 0.6) is 0 Å². The lowest BCUT2D eigenvalue weighted by atomic mass is 10.0. The highest BCUT2D eigenvalue weighted by Crippen LogP contribution is 2.21. The van der Waals surface area contributed by atoms with E-state index in [0.29, 0.717) is 12.2 Å². The maximum Gasteiger partial charge on any atom is 0.168 e. The van der Waals surface area contributed by atoms with Crippen LogP contribution in [0.15, 0.2) is 36.9 Å². The SMILES string of the molecule is C=CCn1nc(-c2ccc(C)c(C)c2)cc1C=O. The summed E-state index contributed by atoms with van der Waals surface area (Å²) in [6, 6.07) is 7.99. The largest absolute Gasteiger partial charge is 0.296 e. The summed E-state index contributed by atoms with van der Waals surface area (Å²) in [5.74, 6) is 0. The second-order valence-electron chi connectivity index (χ2n) is 4.34. The molecule has 2 aromatic rings. The van der Waals surface area contributed by atoms with Crippen LogP contribution >= 0.6 is 0 Å². The van der Waals surface area contributed by atoms with Gasteiger partial charge in [-0.2, -0.15) is 5.10 Å². The molecule has 0 atom stereocenters. The molecule has 92 valence electrons. The Morgan fingerprint density at radius 2 is 2.06 bits per heavy atom. The highest BCUT2D eigenvalue weighted by Gasteiger charge is 2.08. The zero-order valence-corrected chi connectivity index (χ0v) is 10.7. The minimum atomic E-state index is 0.541. The summed E-state index contributed by atoms with van der Waals surface area (Å²) in [6.07, 6.45) is 2.55. The van der Waals surface area contributed by atoms with Crippen molar-refractivity contribution in [3.8, 4) is 11.3 Å². The van der Waals surface area contributed by atoms with Crippen molar-refractivity contribution in [1.82, 2.24) is 9.78 Å². The summed E-state index contributed by atoms with van der Waals surface area (Å²) >= 11 is 0. The van der Waals surface area contributed by atoms with E-state index in [2.05, 4.69) is 37.7 Å². The van der Waals surface area contributed by atoms with Crippen molar-refractivity contribution in [3.05, 3.63) is 53.7 Å². The minimum absolute atomic E-state index is 0.541. The molecule has 1 aromatic carbocycles. The third-order valence-electron chi connectivity index (χ3n) is 3.04. The smallest absolute Gasteiger partial charge is 0.168 e. The van der Waals surface area contributed by atoms with Gasteiger partial charge >= 0.3 is 0 Å². The molecule has 0 saturated carbocycles. The Kier molecular flexibility index (Phi) is 3.42. The molecule has 0 aliphatic carbocycles. The lowest BCUT2D eigenvalue weighted by molar-refractivity contribution is 0.111. The summed E-state index contributed by atoms with van der Waals surface area (Å²) in [4.78, 5) is 11.0. The first-order chi connectivity index (χ1) is 8.65. The van der Waals surface area contributed by atoms with E-state index in [0.717, 1.165) is 17.5 Å². The number of nitrogens with zero attached hydrogens (tertiary/aromatic N) is 2. The molecule has 0 amide bonds. The van der Waals surface area contributed by atoms with Crippen molar-refractivity contribution in [2.75, 3.05) is 0 Å². The van der Waals surface area contributed by atoms with E-state index < -0.39 is 0 Å². The van der Waals surface area contributed by atoms with Gasteiger partial charge in [0.15, 0.2) is 6.29 Å². The number of aromatic nitrogens is 2. The van der Waals surface area contributed by atoms with Gasteiger partial charge in [-0.15, -0.1) is 6.58 Å². The molecule has 2 rings (SSSR count). The van der Waals surface area contributed by atoms with Crippen LogP contribution in [0.2, 0.25) is 0 Å². The van der Waals surface area contributed by atoms with Crippen molar-refractivity contribution in [3.63, 3.8) is 0 Å². The van der Waals surface area contributed by atoms with E-state index >= 15 is 0 Å². The predicted molar refractivity (Wildman–Crippen MR) is 72.7 cm³/mol. The molecule has 0 aliphatic heterocycles. The molecule has 0 bridgehead atoms. The second kappa shape index (κ2) is 5.00. The maximum atomic E-state index is 11.0. The quantitative estimate of drug-likeness (QED) is 0.607. The number of aryl methyl sites for hydroxylation is 2. The number of carbonyl (C=O) groups excluding carboxylic acids is 1. The lowest BCUT2D eigenvalue weighted by Crippen LogP contribution is -2.01. The molecule has 18 heavy (non-hydrogen) atoms. The Morgan fingerprint density at radius 3 is 2.67 bits per heavy atom. The van der Waals surface area contributed by atoms with Crippen LogP contribution in [-0.2, 0) is 6.54 Å². The zero-order chi connectivity index (χ0) is 13.1. The van der Waals surface area contributed by atoms with Gasteiger partial charge in [-0.25, -0.2) is 0 Å². The predicted octanol–water partition coefficient (Wildman–Crippen LogP) is 3.17. The number of hydrogen-bond acceptors (Lipinski definition) is 2. The summed E-state index contributed by atoms with van der Waals surface area (Å²) in [6.45, 7) is 8.35. The molecule has 0 aliphatic rings. The third kappa shape index (κ3) is 2.25. The van der Waals surface area contributed by atoms with Crippen LogP contribution in [0.25, 0.3) is 11.3 Å². The van der Waals surface area contributed by atoms with Gasteiger partial charge in [0, 0.05) is 5.56 Å². The van der Waals surface area contributed by atoms with Gasteiger partial charge in [0.2, 0.25) is 0 Å². The number of allylic oxidation sites excluding steroid dienone is 1. The molecule has 1 aromatic heterocycles. The Hall–Kier alpha value is -2.16. The van der Waals surface area contributed by atoms with Crippen molar-refractivity contribution in [2.45, 2.75) is 20.4 Å². The summed E-state index contributed by atoms with van der Waals surface area (Å²) in [5.41, 5.74) is 4.90. The van der Waals surface area contributed by atoms with Crippen molar-refractivity contribution >= 4 is 6.29 Å². The summed E-state index contributed by atoms with van der Waals surface area (Å²) in [5, 5.41) is 4.43. The average molecular weight is 240 g/mol. The van der Waals surface area contributed by atoms with E-state index in [1.165, 1.54) is 11.1 Å².